The lowest BCUT2D eigenvalue weighted by atomic mass is 10.0. The fraction of sp³-hybridized carbons (Fsp3) is 0.222. The Hall–Kier alpha value is -2.73. The number of hydrogen-bond acceptors (Lipinski definition) is 5. The minimum Gasteiger partial charge on any atom is -0.508 e. The lowest BCUT2D eigenvalue weighted by molar-refractivity contribution is 0.122. The third kappa shape index (κ3) is 2.76. The highest BCUT2D eigenvalue weighted by Gasteiger charge is 2.14. The molecule has 3 aromatic rings. The SMILES string of the molecule is Oc1ccc(F)c(-c2ccc3ncc(N4CCOCC4)nc3c2)c1. The van der Waals surface area contributed by atoms with Gasteiger partial charge in [0.15, 0.2) is 0 Å². The van der Waals surface area contributed by atoms with E-state index >= 15 is 0 Å². The highest BCUT2D eigenvalue weighted by Crippen LogP contribution is 2.29. The molecule has 1 aliphatic heterocycles. The summed E-state index contributed by atoms with van der Waals surface area (Å²) in [6, 6.07) is 9.38. The third-order valence-corrected chi connectivity index (χ3v) is 4.13. The number of aromatic hydroxyl groups is 1. The van der Waals surface area contributed by atoms with Gasteiger partial charge in [0, 0.05) is 18.7 Å². The van der Waals surface area contributed by atoms with Crippen molar-refractivity contribution < 1.29 is 14.2 Å². The molecule has 0 aliphatic carbocycles. The van der Waals surface area contributed by atoms with Gasteiger partial charge in [-0.05, 0) is 35.9 Å². The first-order valence-electron chi connectivity index (χ1n) is 7.79. The summed E-state index contributed by atoms with van der Waals surface area (Å²) in [5.41, 5.74) is 2.44. The van der Waals surface area contributed by atoms with Crippen molar-refractivity contribution in [2.45, 2.75) is 0 Å². The van der Waals surface area contributed by atoms with E-state index in [-0.39, 0.29) is 11.6 Å². The van der Waals surface area contributed by atoms with Gasteiger partial charge in [0.1, 0.15) is 17.4 Å². The zero-order chi connectivity index (χ0) is 16.5. The van der Waals surface area contributed by atoms with Crippen molar-refractivity contribution in [1.29, 1.82) is 0 Å². The molecule has 1 aliphatic rings. The topological polar surface area (TPSA) is 58.5 Å². The minimum absolute atomic E-state index is 0.0275. The molecule has 5 nitrogen and oxygen atoms in total. The first-order valence-corrected chi connectivity index (χ1v) is 7.79. The number of benzene rings is 2. The molecule has 24 heavy (non-hydrogen) atoms. The van der Waals surface area contributed by atoms with E-state index in [4.69, 9.17) is 4.74 Å². The van der Waals surface area contributed by atoms with E-state index in [0.717, 1.165) is 24.4 Å². The van der Waals surface area contributed by atoms with E-state index in [1.807, 2.05) is 6.07 Å². The quantitative estimate of drug-likeness (QED) is 0.785. The Balaban J connectivity index is 1.77. The molecule has 122 valence electrons. The first kappa shape index (κ1) is 14.8. The molecule has 6 heteroatoms. The van der Waals surface area contributed by atoms with Crippen molar-refractivity contribution in [3.05, 3.63) is 48.4 Å². The van der Waals surface area contributed by atoms with Crippen molar-refractivity contribution in [3.8, 4) is 16.9 Å². The lowest BCUT2D eigenvalue weighted by Gasteiger charge is -2.27. The number of aromatic nitrogens is 2. The van der Waals surface area contributed by atoms with Gasteiger partial charge in [-0.15, -0.1) is 0 Å². The molecule has 0 spiro atoms. The largest absolute Gasteiger partial charge is 0.508 e. The Morgan fingerprint density at radius 1 is 1.04 bits per heavy atom. The van der Waals surface area contributed by atoms with Gasteiger partial charge in [0.2, 0.25) is 0 Å². The second-order valence-corrected chi connectivity index (χ2v) is 5.70. The van der Waals surface area contributed by atoms with Crippen molar-refractivity contribution in [1.82, 2.24) is 9.97 Å². The van der Waals surface area contributed by atoms with E-state index in [1.54, 1.807) is 18.3 Å². The molecule has 0 saturated carbocycles. The van der Waals surface area contributed by atoms with Crippen molar-refractivity contribution >= 4 is 16.9 Å². The predicted octanol–water partition coefficient (Wildman–Crippen LogP) is 2.98. The number of nitrogens with zero attached hydrogens (tertiary/aromatic N) is 3. The van der Waals surface area contributed by atoms with E-state index < -0.39 is 0 Å². The minimum atomic E-state index is -0.385. The number of ether oxygens (including phenoxy) is 1. The highest BCUT2D eigenvalue weighted by atomic mass is 19.1. The lowest BCUT2D eigenvalue weighted by Crippen LogP contribution is -2.36. The number of hydrogen-bond donors (Lipinski definition) is 1. The number of halogens is 1. The summed E-state index contributed by atoms with van der Waals surface area (Å²) < 4.78 is 19.4. The van der Waals surface area contributed by atoms with Gasteiger partial charge in [-0.3, -0.25) is 4.98 Å². The van der Waals surface area contributed by atoms with Crippen LogP contribution in [0, 0.1) is 5.82 Å². The van der Waals surface area contributed by atoms with E-state index in [0.29, 0.717) is 29.9 Å². The van der Waals surface area contributed by atoms with Gasteiger partial charge < -0.3 is 14.7 Å². The molecule has 0 bridgehead atoms. The van der Waals surface area contributed by atoms with Gasteiger partial charge >= 0.3 is 0 Å². The summed E-state index contributed by atoms with van der Waals surface area (Å²) in [6.07, 6.45) is 1.75. The summed E-state index contributed by atoms with van der Waals surface area (Å²) in [5.74, 6) is 0.434. The number of morpholine rings is 1. The van der Waals surface area contributed by atoms with Gasteiger partial charge in [-0.1, -0.05) is 6.07 Å². The van der Waals surface area contributed by atoms with Gasteiger partial charge in [0.05, 0.1) is 30.4 Å². The van der Waals surface area contributed by atoms with Crippen LogP contribution in [-0.4, -0.2) is 41.4 Å². The van der Waals surface area contributed by atoms with Crippen molar-refractivity contribution in [3.63, 3.8) is 0 Å². The predicted molar refractivity (Wildman–Crippen MR) is 89.6 cm³/mol. The average molecular weight is 325 g/mol. The van der Waals surface area contributed by atoms with E-state index in [1.165, 1.54) is 18.2 Å². The fourth-order valence-corrected chi connectivity index (χ4v) is 2.85. The Bertz CT molecular complexity index is 895. The van der Waals surface area contributed by atoms with Crippen LogP contribution in [0.25, 0.3) is 22.2 Å². The number of phenolic OH excluding ortho intramolecular Hbond substituents is 1. The first-order chi connectivity index (χ1) is 11.7. The number of rotatable bonds is 2. The zero-order valence-electron chi connectivity index (χ0n) is 12.9. The number of anilines is 1. The molecule has 0 atom stereocenters. The summed E-state index contributed by atoms with van der Waals surface area (Å²) >= 11 is 0. The monoisotopic (exact) mass is 325 g/mol. The zero-order valence-corrected chi connectivity index (χ0v) is 12.9. The molecule has 2 aromatic carbocycles. The number of phenols is 1. The molecule has 0 radical (unpaired) electrons. The average Bonchev–Trinajstić information content (AvgIpc) is 2.63. The van der Waals surface area contributed by atoms with Crippen LogP contribution in [0.1, 0.15) is 0 Å². The molecular formula is C18H16FN3O2. The Labute approximate surface area is 138 Å². The molecule has 1 fully saturated rings. The molecule has 1 aromatic heterocycles. The standard InChI is InChI=1S/C18H16FN3O2/c19-15-3-2-13(23)10-14(15)12-1-4-16-17(9-12)21-18(11-20-16)22-5-7-24-8-6-22/h1-4,9-11,23H,5-8H2. The Morgan fingerprint density at radius 2 is 1.88 bits per heavy atom. The molecule has 1 saturated heterocycles. The van der Waals surface area contributed by atoms with Gasteiger partial charge in [-0.2, -0.15) is 0 Å². The summed E-state index contributed by atoms with van der Waals surface area (Å²) in [6.45, 7) is 2.91. The van der Waals surface area contributed by atoms with Crippen LogP contribution in [0.15, 0.2) is 42.6 Å². The summed E-state index contributed by atoms with van der Waals surface area (Å²) in [5, 5.41) is 9.61. The molecule has 2 heterocycles. The normalized spacial score (nSPS) is 15.0. The summed E-state index contributed by atoms with van der Waals surface area (Å²) in [4.78, 5) is 11.2. The highest BCUT2D eigenvalue weighted by molar-refractivity contribution is 5.82. The van der Waals surface area contributed by atoms with Gasteiger partial charge in [-0.25, -0.2) is 9.37 Å². The van der Waals surface area contributed by atoms with Crippen LogP contribution in [0.3, 0.4) is 0 Å². The van der Waals surface area contributed by atoms with Gasteiger partial charge in [0.25, 0.3) is 0 Å². The Morgan fingerprint density at radius 3 is 2.71 bits per heavy atom. The van der Waals surface area contributed by atoms with Crippen LogP contribution >= 0.6 is 0 Å². The summed E-state index contributed by atoms with van der Waals surface area (Å²) in [7, 11) is 0. The van der Waals surface area contributed by atoms with Crippen LogP contribution in [0.4, 0.5) is 10.2 Å². The second kappa shape index (κ2) is 6.05. The molecule has 1 N–H and O–H groups in total. The van der Waals surface area contributed by atoms with E-state index in [9.17, 15) is 9.50 Å². The fourth-order valence-electron chi connectivity index (χ4n) is 2.85. The smallest absolute Gasteiger partial charge is 0.148 e. The Kier molecular flexibility index (Phi) is 3.74. The molecule has 0 amide bonds. The van der Waals surface area contributed by atoms with Crippen LogP contribution in [-0.2, 0) is 4.74 Å². The van der Waals surface area contributed by atoms with Crippen LogP contribution < -0.4 is 4.90 Å². The second-order valence-electron chi connectivity index (χ2n) is 5.70. The maximum absolute atomic E-state index is 14.1. The molecule has 0 unspecified atom stereocenters. The maximum Gasteiger partial charge on any atom is 0.148 e. The van der Waals surface area contributed by atoms with Crippen molar-refractivity contribution in [2.75, 3.05) is 31.2 Å². The van der Waals surface area contributed by atoms with Crippen molar-refractivity contribution in [2.24, 2.45) is 0 Å². The van der Waals surface area contributed by atoms with Crippen LogP contribution in [0.2, 0.25) is 0 Å². The maximum atomic E-state index is 14.1. The third-order valence-electron chi connectivity index (χ3n) is 4.13. The van der Waals surface area contributed by atoms with Crippen LogP contribution in [0.5, 0.6) is 5.75 Å². The molecule has 4 rings (SSSR count). The molecular weight excluding hydrogens is 309 g/mol. The number of fused-ring (bicyclic) bond motifs is 1. The van der Waals surface area contributed by atoms with E-state index in [2.05, 4.69) is 14.9 Å².